The minimum Gasteiger partial charge on any atom is -0.334 e. The fraction of sp³-hybridized carbons (Fsp3) is 0.533. The molecule has 1 amide bonds. The van der Waals surface area contributed by atoms with Gasteiger partial charge in [0.1, 0.15) is 0 Å². The molecular weight excluding hydrogens is 270 g/mol. The lowest BCUT2D eigenvalue weighted by molar-refractivity contribution is -0.385. The number of hydrogen-bond donors (Lipinski definition) is 1. The first kappa shape index (κ1) is 15.4. The molecule has 6 nitrogen and oxygen atoms in total. The van der Waals surface area contributed by atoms with Gasteiger partial charge in [0.05, 0.1) is 4.92 Å². The molecule has 1 aromatic rings. The Morgan fingerprint density at radius 2 is 2.29 bits per heavy atom. The first-order valence-corrected chi connectivity index (χ1v) is 7.31. The third-order valence-electron chi connectivity index (χ3n) is 3.99. The molecule has 0 bridgehead atoms. The van der Waals surface area contributed by atoms with Gasteiger partial charge in [-0.3, -0.25) is 14.9 Å². The van der Waals surface area contributed by atoms with E-state index in [4.69, 9.17) is 0 Å². The third-order valence-corrected chi connectivity index (χ3v) is 3.99. The van der Waals surface area contributed by atoms with E-state index in [1.165, 1.54) is 6.07 Å². The van der Waals surface area contributed by atoms with Crippen molar-refractivity contribution in [3.63, 3.8) is 0 Å². The van der Waals surface area contributed by atoms with Crippen LogP contribution in [0.2, 0.25) is 0 Å². The standard InChI is InChI=1S/C15H21N3O3/c1-3-11-6-7-12(9-14(11)18(20)21)15(19)17-8-4-5-13(17)10-16-2/h6-7,9,13,16H,3-5,8,10H2,1-2H3. The normalized spacial score (nSPS) is 18.0. The number of hydrogen-bond acceptors (Lipinski definition) is 4. The van der Waals surface area contributed by atoms with Crippen LogP contribution in [0, 0.1) is 10.1 Å². The number of nitro groups is 1. The summed E-state index contributed by atoms with van der Waals surface area (Å²) >= 11 is 0. The number of likely N-dealkylation sites (N-methyl/N-ethyl adjacent to an activating group) is 1. The van der Waals surface area contributed by atoms with Crippen LogP contribution in [-0.4, -0.2) is 41.9 Å². The van der Waals surface area contributed by atoms with E-state index in [1.807, 2.05) is 18.9 Å². The quantitative estimate of drug-likeness (QED) is 0.665. The lowest BCUT2D eigenvalue weighted by Crippen LogP contribution is -2.40. The molecule has 0 saturated carbocycles. The average Bonchev–Trinajstić information content (AvgIpc) is 2.94. The van der Waals surface area contributed by atoms with Crippen LogP contribution < -0.4 is 5.32 Å². The number of likely N-dealkylation sites (tertiary alicyclic amines) is 1. The average molecular weight is 291 g/mol. The van der Waals surface area contributed by atoms with Crippen LogP contribution in [0.4, 0.5) is 5.69 Å². The van der Waals surface area contributed by atoms with E-state index in [-0.39, 0.29) is 17.6 Å². The van der Waals surface area contributed by atoms with Crippen LogP contribution in [-0.2, 0) is 6.42 Å². The molecule has 0 aliphatic carbocycles. The molecule has 1 aromatic carbocycles. The zero-order valence-electron chi connectivity index (χ0n) is 12.5. The number of rotatable bonds is 5. The molecule has 1 unspecified atom stereocenters. The summed E-state index contributed by atoms with van der Waals surface area (Å²) < 4.78 is 0. The topological polar surface area (TPSA) is 75.5 Å². The molecule has 1 heterocycles. The van der Waals surface area contributed by atoms with Crippen molar-refractivity contribution in [2.45, 2.75) is 32.2 Å². The van der Waals surface area contributed by atoms with Crippen LogP contribution in [0.25, 0.3) is 0 Å². The summed E-state index contributed by atoms with van der Waals surface area (Å²) in [6.07, 6.45) is 2.53. The molecule has 0 aromatic heterocycles. The second-order valence-corrected chi connectivity index (χ2v) is 5.31. The van der Waals surface area contributed by atoms with Gasteiger partial charge in [-0.15, -0.1) is 0 Å². The number of carbonyl (C=O) groups is 1. The Balaban J connectivity index is 2.27. The van der Waals surface area contributed by atoms with Crippen LogP contribution in [0.3, 0.4) is 0 Å². The maximum Gasteiger partial charge on any atom is 0.273 e. The van der Waals surface area contributed by atoms with Gasteiger partial charge in [-0.1, -0.05) is 13.0 Å². The Bertz CT molecular complexity index is 545. The highest BCUT2D eigenvalue weighted by Crippen LogP contribution is 2.24. The van der Waals surface area contributed by atoms with Gasteiger partial charge in [-0.2, -0.15) is 0 Å². The van der Waals surface area contributed by atoms with Gasteiger partial charge in [0.15, 0.2) is 0 Å². The summed E-state index contributed by atoms with van der Waals surface area (Å²) in [7, 11) is 1.86. The number of nitrogens with one attached hydrogen (secondary N) is 1. The monoisotopic (exact) mass is 291 g/mol. The van der Waals surface area contributed by atoms with Crippen molar-refractivity contribution in [2.75, 3.05) is 20.1 Å². The largest absolute Gasteiger partial charge is 0.334 e. The van der Waals surface area contributed by atoms with Gasteiger partial charge in [-0.05, 0) is 32.4 Å². The predicted octanol–water partition coefficient (Wildman–Crippen LogP) is 1.98. The van der Waals surface area contributed by atoms with Gasteiger partial charge in [0.2, 0.25) is 0 Å². The van der Waals surface area contributed by atoms with Crippen molar-refractivity contribution in [3.8, 4) is 0 Å². The predicted molar refractivity (Wildman–Crippen MR) is 80.5 cm³/mol. The van der Waals surface area contributed by atoms with Gasteiger partial charge in [-0.25, -0.2) is 0 Å². The summed E-state index contributed by atoms with van der Waals surface area (Å²) in [6.45, 7) is 3.34. The minimum absolute atomic E-state index is 0.0349. The second-order valence-electron chi connectivity index (χ2n) is 5.31. The highest BCUT2D eigenvalue weighted by molar-refractivity contribution is 5.95. The van der Waals surface area contributed by atoms with Crippen molar-refractivity contribution in [2.24, 2.45) is 0 Å². The summed E-state index contributed by atoms with van der Waals surface area (Å²) in [4.78, 5) is 25.1. The fourth-order valence-corrected chi connectivity index (χ4v) is 2.88. The Morgan fingerprint density at radius 3 is 2.90 bits per heavy atom. The van der Waals surface area contributed by atoms with Crippen molar-refractivity contribution in [1.29, 1.82) is 0 Å². The lowest BCUT2D eigenvalue weighted by atomic mass is 10.1. The third kappa shape index (κ3) is 3.21. The number of benzene rings is 1. The van der Waals surface area contributed by atoms with Crippen LogP contribution in [0.15, 0.2) is 18.2 Å². The van der Waals surface area contributed by atoms with Crippen molar-refractivity contribution in [1.82, 2.24) is 10.2 Å². The van der Waals surface area contributed by atoms with E-state index in [2.05, 4.69) is 5.32 Å². The molecule has 0 spiro atoms. The smallest absolute Gasteiger partial charge is 0.273 e. The molecule has 1 aliphatic rings. The molecule has 1 saturated heterocycles. The maximum atomic E-state index is 12.6. The maximum absolute atomic E-state index is 12.6. The molecule has 1 aliphatic heterocycles. The fourth-order valence-electron chi connectivity index (χ4n) is 2.88. The summed E-state index contributed by atoms with van der Waals surface area (Å²) in [5, 5.41) is 14.2. The highest BCUT2D eigenvalue weighted by Gasteiger charge is 2.29. The van der Waals surface area contributed by atoms with Gasteiger partial charge >= 0.3 is 0 Å². The Hall–Kier alpha value is -1.95. The first-order chi connectivity index (χ1) is 10.1. The number of nitro benzene ring substituents is 1. The minimum atomic E-state index is -0.412. The van der Waals surface area contributed by atoms with Gasteiger partial charge < -0.3 is 10.2 Å². The van der Waals surface area contributed by atoms with Crippen LogP contribution in [0.5, 0.6) is 0 Å². The molecule has 1 atom stereocenters. The highest BCUT2D eigenvalue weighted by atomic mass is 16.6. The molecule has 114 valence electrons. The molecule has 0 radical (unpaired) electrons. The summed E-state index contributed by atoms with van der Waals surface area (Å²) in [5.74, 6) is -0.112. The van der Waals surface area contributed by atoms with E-state index in [0.717, 1.165) is 19.4 Å². The van der Waals surface area contributed by atoms with E-state index < -0.39 is 4.92 Å². The zero-order valence-corrected chi connectivity index (χ0v) is 12.5. The zero-order chi connectivity index (χ0) is 15.4. The van der Waals surface area contributed by atoms with Crippen LogP contribution >= 0.6 is 0 Å². The first-order valence-electron chi connectivity index (χ1n) is 7.31. The summed E-state index contributed by atoms with van der Waals surface area (Å²) in [5.41, 5.74) is 1.10. The van der Waals surface area contributed by atoms with Crippen molar-refractivity contribution < 1.29 is 9.72 Å². The van der Waals surface area contributed by atoms with Crippen molar-refractivity contribution >= 4 is 11.6 Å². The summed E-state index contributed by atoms with van der Waals surface area (Å²) in [6, 6.07) is 4.97. The number of aryl methyl sites for hydroxylation is 1. The molecule has 2 rings (SSSR count). The lowest BCUT2D eigenvalue weighted by Gasteiger charge is -2.24. The SMILES string of the molecule is CCc1ccc(C(=O)N2CCCC2CNC)cc1[N+](=O)[O-]. The molecule has 1 fully saturated rings. The van der Waals surface area contributed by atoms with Gasteiger partial charge in [0.25, 0.3) is 11.6 Å². The van der Waals surface area contributed by atoms with E-state index >= 15 is 0 Å². The van der Waals surface area contributed by atoms with Gasteiger partial charge in [0, 0.05) is 36.3 Å². The molecular formula is C15H21N3O3. The van der Waals surface area contributed by atoms with E-state index in [9.17, 15) is 14.9 Å². The molecule has 6 heteroatoms. The number of amides is 1. The van der Waals surface area contributed by atoms with Crippen LogP contribution in [0.1, 0.15) is 35.7 Å². The van der Waals surface area contributed by atoms with E-state index in [1.54, 1.807) is 12.1 Å². The van der Waals surface area contributed by atoms with Crippen molar-refractivity contribution in [3.05, 3.63) is 39.4 Å². The Morgan fingerprint density at radius 1 is 1.52 bits per heavy atom. The van der Waals surface area contributed by atoms with E-state index in [0.29, 0.717) is 24.1 Å². The molecule has 21 heavy (non-hydrogen) atoms. The molecule has 1 N–H and O–H groups in total. The Kier molecular flexibility index (Phi) is 4.90. The number of nitrogens with zero attached hydrogens (tertiary/aromatic N) is 2. The number of carbonyl (C=O) groups excluding carboxylic acids is 1. The Labute approximate surface area is 124 Å². The second kappa shape index (κ2) is 6.67.